The predicted octanol–water partition coefficient (Wildman–Crippen LogP) is 1.92. The van der Waals surface area contributed by atoms with Gasteiger partial charge < -0.3 is 21.7 Å². The fourth-order valence-electron chi connectivity index (χ4n) is 3.22. The van der Waals surface area contributed by atoms with Crippen molar-refractivity contribution in [2.24, 2.45) is 17.6 Å². The first kappa shape index (κ1) is 21.9. The lowest BCUT2D eigenvalue weighted by Crippen LogP contribution is -2.47. The third-order valence-corrected chi connectivity index (χ3v) is 5.10. The molecule has 1 aromatic carbocycles. The molecule has 0 heterocycles. The number of hydrogen-bond acceptors (Lipinski definition) is 4. The monoisotopic (exact) mass is 388 g/mol. The third-order valence-electron chi connectivity index (χ3n) is 5.10. The van der Waals surface area contributed by atoms with Crippen LogP contribution in [0.25, 0.3) is 0 Å². The van der Waals surface area contributed by atoms with Crippen LogP contribution in [-0.4, -0.2) is 30.3 Å². The van der Waals surface area contributed by atoms with E-state index in [0.29, 0.717) is 6.54 Å². The molecule has 1 aliphatic carbocycles. The Morgan fingerprint density at radius 1 is 1.11 bits per heavy atom. The van der Waals surface area contributed by atoms with Gasteiger partial charge in [-0.15, -0.1) is 0 Å². The van der Waals surface area contributed by atoms with Crippen LogP contribution in [0, 0.1) is 11.8 Å². The molecule has 0 radical (unpaired) electrons. The highest BCUT2D eigenvalue weighted by molar-refractivity contribution is 5.92. The molecular formula is C21H32N4O3. The molecule has 0 saturated heterocycles. The van der Waals surface area contributed by atoms with E-state index >= 15 is 0 Å². The molecule has 0 aliphatic heterocycles. The Morgan fingerprint density at radius 2 is 1.82 bits per heavy atom. The van der Waals surface area contributed by atoms with E-state index in [1.165, 1.54) is 6.42 Å². The topological polar surface area (TPSA) is 113 Å². The molecule has 0 unspecified atom stereocenters. The molecule has 1 atom stereocenters. The molecule has 1 aliphatic rings. The molecule has 5 N–H and O–H groups in total. The molecule has 1 aromatic rings. The Labute approximate surface area is 166 Å². The minimum absolute atomic E-state index is 0.00891. The van der Waals surface area contributed by atoms with Gasteiger partial charge in [0.15, 0.2) is 0 Å². The molecule has 28 heavy (non-hydrogen) atoms. The molecule has 154 valence electrons. The third kappa shape index (κ3) is 6.96. The van der Waals surface area contributed by atoms with Crippen LogP contribution >= 0.6 is 0 Å². The van der Waals surface area contributed by atoms with Crippen molar-refractivity contribution >= 4 is 23.4 Å². The van der Waals surface area contributed by atoms with Crippen molar-refractivity contribution in [3.8, 4) is 0 Å². The van der Waals surface area contributed by atoms with Gasteiger partial charge in [0.05, 0.1) is 12.6 Å². The summed E-state index contributed by atoms with van der Waals surface area (Å²) in [6.07, 6.45) is 5.34. The zero-order valence-electron chi connectivity index (χ0n) is 16.8. The molecule has 2 rings (SSSR count). The molecule has 7 heteroatoms. The van der Waals surface area contributed by atoms with E-state index < -0.39 is 6.04 Å². The van der Waals surface area contributed by atoms with Crippen LogP contribution in [0.5, 0.6) is 0 Å². The molecule has 0 aromatic heterocycles. The fraction of sp³-hybridized carbons (Fsp3) is 0.571. The summed E-state index contributed by atoms with van der Waals surface area (Å²) in [6, 6.07) is 6.80. The number of rotatable bonds is 8. The Bertz CT molecular complexity index is 684. The smallest absolute Gasteiger partial charge is 0.239 e. The number of anilines is 1. The van der Waals surface area contributed by atoms with Crippen molar-refractivity contribution < 1.29 is 14.4 Å². The van der Waals surface area contributed by atoms with Crippen LogP contribution in [0.1, 0.15) is 51.5 Å². The van der Waals surface area contributed by atoms with E-state index in [2.05, 4.69) is 16.0 Å². The SMILES string of the molecule is CC(C)[C@H](N)C(=O)NCC(=O)NCc1cccc(NC(=O)C2CCCCC2)c1. The second kappa shape index (κ2) is 10.8. The van der Waals surface area contributed by atoms with Gasteiger partial charge >= 0.3 is 0 Å². The van der Waals surface area contributed by atoms with E-state index in [0.717, 1.165) is 36.9 Å². The first-order valence-electron chi connectivity index (χ1n) is 10.1. The van der Waals surface area contributed by atoms with Crippen LogP contribution < -0.4 is 21.7 Å². The summed E-state index contributed by atoms with van der Waals surface area (Å²) in [5.74, 6) is -0.448. The summed E-state index contributed by atoms with van der Waals surface area (Å²) in [4.78, 5) is 36.1. The summed E-state index contributed by atoms with van der Waals surface area (Å²) < 4.78 is 0. The normalized spacial score (nSPS) is 15.7. The molecule has 1 fully saturated rings. The second-order valence-corrected chi connectivity index (χ2v) is 7.79. The lowest BCUT2D eigenvalue weighted by molar-refractivity contribution is -0.127. The maximum Gasteiger partial charge on any atom is 0.239 e. The Kier molecular flexibility index (Phi) is 8.44. The fourth-order valence-corrected chi connectivity index (χ4v) is 3.22. The molecule has 7 nitrogen and oxygen atoms in total. The summed E-state index contributed by atoms with van der Waals surface area (Å²) in [5, 5.41) is 8.28. The summed E-state index contributed by atoms with van der Waals surface area (Å²) in [5.41, 5.74) is 7.35. The molecular weight excluding hydrogens is 356 g/mol. The number of benzene rings is 1. The predicted molar refractivity (Wildman–Crippen MR) is 109 cm³/mol. The van der Waals surface area contributed by atoms with Gasteiger partial charge in [-0.25, -0.2) is 0 Å². The van der Waals surface area contributed by atoms with Crippen molar-refractivity contribution in [2.45, 2.75) is 58.5 Å². The highest BCUT2D eigenvalue weighted by atomic mass is 16.2. The van der Waals surface area contributed by atoms with Gasteiger partial charge in [-0.1, -0.05) is 45.2 Å². The number of carbonyl (C=O) groups excluding carboxylic acids is 3. The molecule has 0 spiro atoms. The quantitative estimate of drug-likeness (QED) is 0.545. The average Bonchev–Trinajstić information content (AvgIpc) is 2.70. The zero-order valence-corrected chi connectivity index (χ0v) is 16.8. The first-order valence-corrected chi connectivity index (χ1v) is 10.1. The first-order chi connectivity index (χ1) is 13.4. The zero-order chi connectivity index (χ0) is 20.5. The minimum atomic E-state index is -0.628. The van der Waals surface area contributed by atoms with Gasteiger partial charge in [0, 0.05) is 18.2 Å². The van der Waals surface area contributed by atoms with Gasteiger partial charge in [0.2, 0.25) is 17.7 Å². The summed E-state index contributed by atoms with van der Waals surface area (Å²) in [7, 11) is 0. The van der Waals surface area contributed by atoms with Crippen LogP contribution in [0.4, 0.5) is 5.69 Å². The van der Waals surface area contributed by atoms with E-state index in [1.54, 1.807) is 0 Å². The number of amides is 3. The van der Waals surface area contributed by atoms with E-state index in [1.807, 2.05) is 38.1 Å². The van der Waals surface area contributed by atoms with Gasteiger partial charge in [0.1, 0.15) is 0 Å². The lowest BCUT2D eigenvalue weighted by atomic mass is 9.88. The van der Waals surface area contributed by atoms with E-state index in [9.17, 15) is 14.4 Å². The van der Waals surface area contributed by atoms with Crippen molar-refractivity contribution in [3.05, 3.63) is 29.8 Å². The van der Waals surface area contributed by atoms with Gasteiger partial charge in [-0.05, 0) is 36.5 Å². The molecule has 1 saturated carbocycles. The number of carbonyl (C=O) groups is 3. The van der Waals surface area contributed by atoms with E-state index in [-0.39, 0.29) is 36.1 Å². The summed E-state index contributed by atoms with van der Waals surface area (Å²) >= 11 is 0. The average molecular weight is 389 g/mol. The lowest BCUT2D eigenvalue weighted by Gasteiger charge is -2.20. The molecule has 0 bridgehead atoms. The number of hydrogen-bond donors (Lipinski definition) is 4. The van der Waals surface area contributed by atoms with Gasteiger partial charge in [0.25, 0.3) is 0 Å². The van der Waals surface area contributed by atoms with Crippen LogP contribution in [0.15, 0.2) is 24.3 Å². The molecule has 3 amide bonds. The highest BCUT2D eigenvalue weighted by Crippen LogP contribution is 2.25. The van der Waals surface area contributed by atoms with Crippen molar-refractivity contribution in [3.63, 3.8) is 0 Å². The van der Waals surface area contributed by atoms with Gasteiger partial charge in [-0.2, -0.15) is 0 Å². The summed E-state index contributed by atoms with van der Waals surface area (Å²) in [6.45, 7) is 3.91. The number of nitrogens with one attached hydrogen (secondary N) is 3. The van der Waals surface area contributed by atoms with Crippen LogP contribution in [0.2, 0.25) is 0 Å². The maximum atomic E-state index is 12.4. The minimum Gasteiger partial charge on any atom is -0.350 e. The van der Waals surface area contributed by atoms with Gasteiger partial charge in [-0.3, -0.25) is 14.4 Å². The Morgan fingerprint density at radius 3 is 2.50 bits per heavy atom. The number of nitrogens with two attached hydrogens (primary N) is 1. The second-order valence-electron chi connectivity index (χ2n) is 7.79. The van der Waals surface area contributed by atoms with Crippen molar-refractivity contribution in [2.75, 3.05) is 11.9 Å². The highest BCUT2D eigenvalue weighted by Gasteiger charge is 2.21. The maximum absolute atomic E-state index is 12.4. The standard InChI is InChI=1S/C21H32N4O3/c1-14(2)19(22)21(28)24-13-18(26)23-12-15-7-6-10-17(11-15)25-20(27)16-8-4-3-5-9-16/h6-7,10-11,14,16,19H,3-5,8-9,12-13,22H2,1-2H3,(H,23,26)(H,24,28)(H,25,27)/t19-/m0/s1. The van der Waals surface area contributed by atoms with Crippen LogP contribution in [-0.2, 0) is 20.9 Å². The Hall–Kier alpha value is -2.41. The Balaban J connectivity index is 1.78. The van der Waals surface area contributed by atoms with Crippen LogP contribution in [0.3, 0.4) is 0 Å². The van der Waals surface area contributed by atoms with Crippen molar-refractivity contribution in [1.82, 2.24) is 10.6 Å². The van der Waals surface area contributed by atoms with E-state index in [4.69, 9.17) is 5.73 Å². The largest absolute Gasteiger partial charge is 0.350 e. The van der Waals surface area contributed by atoms with Crippen molar-refractivity contribution in [1.29, 1.82) is 0 Å².